The maximum Gasteiger partial charge on any atom is 0.316 e. The third-order valence-corrected chi connectivity index (χ3v) is 7.20. The molecule has 3 saturated heterocycles. The van der Waals surface area contributed by atoms with Crippen molar-refractivity contribution in [2.45, 2.75) is 58.7 Å². The number of hydrogen-bond donors (Lipinski definition) is 0. The number of pyridine rings is 1. The molecule has 1 aliphatic carbocycles. The lowest BCUT2D eigenvalue weighted by Crippen LogP contribution is -2.61. The highest BCUT2D eigenvalue weighted by Crippen LogP contribution is 2.67. The molecule has 4 atom stereocenters. The fraction of sp³-hybridized carbons (Fsp3) is 0.667. The summed E-state index contributed by atoms with van der Waals surface area (Å²) in [5.41, 5.74) is -0.0345. The first-order valence-corrected chi connectivity index (χ1v) is 11.6. The van der Waals surface area contributed by atoms with Gasteiger partial charge in [-0.05, 0) is 51.7 Å². The number of esters is 2. The summed E-state index contributed by atoms with van der Waals surface area (Å²) in [4.78, 5) is 33.1. The Morgan fingerprint density at radius 3 is 2.70 bits per heavy atom. The third kappa shape index (κ3) is 3.23. The zero-order valence-corrected chi connectivity index (χ0v) is 20.2. The Labute approximate surface area is 193 Å². The molecule has 2 bridgehead atoms. The molecular weight excluding hydrogens is 424 g/mol. The van der Waals surface area contributed by atoms with Crippen molar-refractivity contribution in [3.05, 3.63) is 23.7 Å². The van der Waals surface area contributed by atoms with Crippen molar-refractivity contribution >= 4 is 23.3 Å². The quantitative estimate of drug-likeness (QED) is 0.648. The lowest BCUT2D eigenvalue weighted by Gasteiger charge is -2.47. The van der Waals surface area contributed by atoms with Gasteiger partial charge in [0.2, 0.25) is 0 Å². The Kier molecular flexibility index (Phi) is 4.80. The predicted molar refractivity (Wildman–Crippen MR) is 120 cm³/mol. The molecule has 1 saturated carbocycles. The van der Waals surface area contributed by atoms with Crippen LogP contribution < -0.4 is 4.90 Å². The summed E-state index contributed by atoms with van der Waals surface area (Å²) in [5.74, 6) is -0.725. The lowest BCUT2D eigenvalue weighted by molar-refractivity contribution is -0.195. The van der Waals surface area contributed by atoms with E-state index in [1.54, 1.807) is 4.52 Å². The molecular formula is C24H32N4O5. The third-order valence-electron chi connectivity index (χ3n) is 7.20. The van der Waals surface area contributed by atoms with Crippen LogP contribution in [0.2, 0.25) is 0 Å². The number of aryl methyl sites for hydroxylation is 1. The molecule has 3 aliphatic heterocycles. The maximum absolute atomic E-state index is 13.1. The minimum absolute atomic E-state index is 0.0765. The van der Waals surface area contributed by atoms with Gasteiger partial charge in [-0.2, -0.15) is 0 Å². The van der Waals surface area contributed by atoms with Gasteiger partial charge in [0.05, 0.1) is 25.6 Å². The van der Waals surface area contributed by atoms with Gasteiger partial charge in [-0.25, -0.2) is 9.50 Å². The Morgan fingerprint density at radius 1 is 1.30 bits per heavy atom. The maximum atomic E-state index is 13.1. The van der Waals surface area contributed by atoms with Crippen LogP contribution in [0.3, 0.4) is 0 Å². The van der Waals surface area contributed by atoms with Crippen LogP contribution in [0.15, 0.2) is 12.3 Å². The molecule has 0 spiro atoms. The van der Waals surface area contributed by atoms with Crippen molar-refractivity contribution in [3.63, 3.8) is 0 Å². The van der Waals surface area contributed by atoms with Gasteiger partial charge in [0.15, 0.2) is 11.5 Å². The van der Waals surface area contributed by atoms with Gasteiger partial charge < -0.3 is 19.1 Å². The predicted octanol–water partition coefficient (Wildman–Crippen LogP) is 2.63. The summed E-state index contributed by atoms with van der Waals surface area (Å²) in [7, 11) is 1.32. The molecule has 33 heavy (non-hydrogen) atoms. The summed E-state index contributed by atoms with van der Waals surface area (Å²) in [6.07, 6.45) is 3.45. The Hall–Kier alpha value is -2.68. The minimum atomic E-state index is -1.09. The summed E-state index contributed by atoms with van der Waals surface area (Å²) >= 11 is 0. The molecule has 0 aromatic carbocycles. The highest BCUT2D eigenvalue weighted by Gasteiger charge is 2.80. The van der Waals surface area contributed by atoms with Gasteiger partial charge in [-0.3, -0.25) is 9.59 Å². The van der Waals surface area contributed by atoms with E-state index in [0.717, 1.165) is 24.3 Å². The normalized spacial score (nSPS) is 31.0. The van der Waals surface area contributed by atoms with Gasteiger partial charge in [-0.1, -0.05) is 6.92 Å². The molecule has 0 amide bonds. The molecule has 5 heterocycles. The van der Waals surface area contributed by atoms with Crippen LogP contribution in [0.1, 0.15) is 51.9 Å². The largest absolute Gasteiger partial charge is 0.469 e. The van der Waals surface area contributed by atoms with Gasteiger partial charge in [0.25, 0.3) is 0 Å². The van der Waals surface area contributed by atoms with Gasteiger partial charge in [0, 0.05) is 19.5 Å². The molecule has 2 aromatic rings. The Morgan fingerprint density at radius 2 is 2.06 bits per heavy atom. The summed E-state index contributed by atoms with van der Waals surface area (Å²) in [5, 5.41) is 4.74. The first kappa shape index (κ1) is 22.1. The smallest absolute Gasteiger partial charge is 0.316 e. The number of fused-ring (bicyclic) bond motifs is 2. The van der Waals surface area contributed by atoms with E-state index in [1.165, 1.54) is 13.5 Å². The van der Waals surface area contributed by atoms with E-state index >= 15 is 0 Å². The molecule has 4 unspecified atom stereocenters. The number of methoxy groups -OCH3 is 1. The Balaban J connectivity index is 1.52. The van der Waals surface area contributed by atoms with Crippen LogP contribution in [-0.4, -0.2) is 58.9 Å². The van der Waals surface area contributed by atoms with E-state index in [4.69, 9.17) is 24.3 Å². The first-order chi connectivity index (χ1) is 15.5. The molecule has 4 aliphatic rings. The van der Waals surface area contributed by atoms with Crippen LogP contribution in [-0.2, 0) is 29.4 Å². The van der Waals surface area contributed by atoms with E-state index in [-0.39, 0.29) is 6.61 Å². The second kappa shape index (κ2) is 7.16. The number of carbonyl (C=O) groups excluding carboxylic acids is 2. The van der Waals surface area contributed by atoms with Crippen molar-refractivity contribution in [2.24, 2.45) is 17.3 Å². The number of ether oxygens (including phenoxy) is 3. The number of anilines is 1. The number of carbonyl (C=O) groups is 2. The average molecular weight is 457 g/mol. The first-order valence-electron chi connectivity index (χ1n) is 11.6. The fourth-order valence-corrected chi connectivity index (χ4v) is 5.60. The average Bonchev–Trinajstić information content (AvgIpc) is 3.47. The second-order valence-electron chi connectivity index (χ2n) is 10.9. The van der Waals surface area contributed by atoms with Gasteiger partial charge in [0.1, 0.15) is 22.5 Å². The number of rotatable bonds is 4. The SMILES string of the molecule is COC(=O)C1C2(C(=O)OC(C)(C)C)COC1(c1nc3c(C)cc(N4CCC(C)C4)cn3n1)C2. The molecule has 2 aromatic heterocycles. The molecule has 4 fully saturated rings. The number of aromatic nitrogens is 3. The monoisotopic (exact) mass is 456 g/mol. The highest BCUT2D eigenvalue weighted by molar-refractivity contribution is 5.90. The van der Waals surface area contributed by atoms with E-state index in [1.807, 2.05) is 33.9 Å². The number of hydrogen-bond acceptors (Lipinski definition) is 8. The lowest BCUT2D eigenvalue weighted by atomic mass is 9.53. The standard InChI is InChI=1S/C24H32N4O5/c1-14-7-8-27(10-14)16-9-15(2)18-25-20(26-28(18)11-16)24-12-23(13-32-24,17(24)19(29)31-6)21(30)33-22(3,4)5/h9,11,14,17H,7-8,10,12-13H2,1-6H3. The van der Waals surface area contributed by atoms with E-state index in [9.17, 15) is 9.59 Å². The summed E-state index contributed by atoms with van der Waals surface area (Å²) in [6.45, 7) is 11.8. The van der Waals surface area contributed by atoms with E-state index in [2.05, 4.69) is 17.9 Å². The molecule has 9 heteroatoms. The highest BCUT2D eigenvalue weighted by atomic mass is 16.6. The zero-order valence-electron chi connectivity index (χ0n) is 20.2. The van der Waals surface area contributed by atoms with E-state index in [0.29, 0.717) is 23.8 Å². The van der Waals surface area contributed by atoms with Crippen molar-refractivity contribution in [3.8, 4) is 0 Å². The van der Waals surface area contributed by atoms with Crippen molar-refractivity contribution in [1.82, 2.24) is 14.6 Å². The van der Waals surface area contributed by atoms with Crippen LogP contribution in [0.4, 0.5) is 5.69 Å². The van der Waals surface area contributed by atoms with Gasteiger partial charge in [-0.15, -0.1) is 5.10 Å². The molecule has 9 nitrogen and oxygen atoms in total. The molecule has 6 rings (SSSR count). The van der Waals surface area contributed by atoms with Crippen molar-refractivity contribution in [1.29, 1.82) is 0 Å². The van der Waals surface area contributed by atoms with Crippen LogP contribution in [0.5, 0.6) is 0 Å². The molecule has 0 radical (unpaired) electrons. The van der Waals surface area contributed by atoms with E-state index < -0.39 is 34.5 Å². The minimum Gasteiger partial charge on any atom is -0.469 e. The van der Waals surface area contributed by atoms with Crippen molar-refractivity contribution < 1.29 is 23.8 Å². The molecule has 178 valence electrons. The van der Waals surface area contributed by atoms with Crippen LogP contribution in [0, 0.1) is 24.2 Å². The second-order valence-corrected chi connectivity index (χ2v) is 10.9. The Bertz CT molecular complexity index is 1140. The summed E-state index contributed by atoms with van der Waals surface area (Å²) < 4.78 is 18.6. The van der Waals surface area contributed by atoms with Crippen molar-refractivity contribution in [2.75, 3.05) is 31.7 Å². The summed E-state index contributed by atoms with van der Waals surface area (Å²) in [6, 6.07) is 2.13. The van der Waals surface area contributed by atoms with Gasteiger partial charge >= 0.3 is 11.9 Å². The topological polar surface area (TPSA) is 95.3 Å². The number of nitrogens with zero attached hydrogens (tertiary/aromatic N) is 4. The zero-order chi connectivity index (χ0) is 23.8. The van der Waals surface area contributed by atoms with Crippen LogP contribution in [0.25, 0.3) is 5.65 Å². The fourth-order valence-electron chi connectivity index (χ4n) is 5.60. The molecule has 0 N–H and O–H groups in total. The van der Waals surface area contributed by atoms with Crippen LogP contribution >= 0.6 is 0 Å².